The van der Waals surface area contributed by atoms with E-state index in [0.29, 0.717) is 37.4 Å². The fraction of sp³-hybridized carbons (Fsp3) is 0.462. The lowest BCUT2D eigenvalue weighted by atomic mass is 10.0. The Morgan fingerprint density at radius 2 is 1.56 bits per heavy atom. The zero-order valence-corrected chi connectivity index (χ0v) is 10.6. The number of hydrogen-bond donors (Lipinski definition) is 1. The molecule has 0 aliphatic carbocycles. The van der Waals surface area contributed by atoms with Crippen molar-refractivity contribution < 1.29 is 19.4 Å². The molecule has 5 nitrogen and oxygen atoms in total. The number of carboxylic acid groups (broad SMARTS) is 1. The predicted molar refractivity (Wildman–Crippen MR) is 66.6 cm³/mol. The molecule has 0 fully saturated rings. The maximum Gasteiger partial charge on any atom is 0.407 e. The normalized spacial score (nSPS) is 14.7. The average Bonchev–Trinajstić information content (AvgIpc) is 2.58. The van der Waals surface area contributed by atoms with Crippen molar-refractivity contribution in [2.75, 3.05) is 27.3 Å². The number of amides is 1. The van der Waals surface area contributed by atoms with Crippen LogP contribution in [0.2, 0.25) is 0 Å². The highest BCUT2D eigenvalue weighted by Crippen LogP contribution is 2.32. The number of ether oxygens (including phenoxy) is 2. The lowest BCUT2D eigenvalue weighted by Crippen LogP contribution is -2.31. The number of fused-ring (bicyclic) bond motifs is 1. The van der Waals surface area contributed by atoms with Gasteiger partial charge in [0.2, 0.25) is 0 Å². The minimum atomic E-state index is -0.860. The minimum Gasteiger partial charge on any atom is -0.493 e. The Hall–Kier alpha value is -1.91. The Morgan fingerprint density at radius 1 is 1.11 bits per heavy atom. The van der Waals surface area contributed by atoms with E-state index in [-0.39, 0.29) is 0 Å². The Morgan fingerprint density at radius 3 is 1.89 bits per heavy atom. The molecule has 0 atom stereocenters. The molecular formula is C13H17NO4. The maximum absolute atomic E-state index is 11.0. The van der Waals surface area contributed by atoms with Gasteiger partial charge in [0.1, 0.15) is 0 Å². The highest BCUT2D eigenvalue weighted by Gasteiger charge is 2.19. The zero-order valence-electron chi connectivity index (χ0n) is 10.6. The highest BCUT2D eigenvalue weighted by atomic mass is 16.5. The van der Waals surface area contributed by atoms with E-state index in [4.69, 9.17) is 14.6 Å². The third kappa shape index (κ3) is 2.34. The van der Waals surface area contributed by atoms with Crippen molar-refractivity contribution in [1.29, 1.82) is 0 Å². The number of carbonyl (C=O) groups is 1. The van der Waals surface area contributed by atoms with Crippen LogP contribution in [0, 0.1) is 0 Å². The quantitative estimate of drug-likeness (QED) is 0.870. The SMILES string of the molecule is COc1cc2c(cc1OC)CCN(C(=O)O)CC2. The molecule has 0 bridgehead atoms. The number of hydrogen-bond acceptors (Lipinski definition) is 3. The summed E-state index contributed by atoms with van der Waals surface area (Å²) in [6.07, 6.45) is 0.561. The van der Waals surface area contributed by atoms with Gasteiger partial charge in [-0.3, -0.25) is 0 Å². The molecule has 0 saturated carbocycles. The number of nitrogens with zero attached hydrogens (tertiary/aromatic N) is 1. The maximum atomic E-state index is 11.0. The number of methoxy groups -OCH3 is 2. The molecule has 98 valence electrons. The summed E-state index contributed by atoms with van der Waals surface area (Å²) >= 11 is 0. The fourth-order valence-corrected chi connectivity index (χ4v) is 2.24. The molecule has 1 amide bonds. The van der Waals surface area contributed by atoms with Gasteiger partial charge in [-0.2, -0.15) is 0 Å². The van der Waals surface area contributed by atoms with Crippen LogP contribution in [0.25, 0.3) is 0 Å². The van der Waals surface area contributed by atoms with E-state index in [2.05, 4.69) is 0 Å². The Labute approximate surface area is 106 Å². The van der Waals surface area contributed by atoms with Crippen LogP contribution in [0.4, 0.5) is 4.79 Å². The van der Waals surface area contributed by atoms with E-state index in [0.717, 1.165) is 11.1 Å². The van der Waals surface area contributed by atoms with E-state index >= 15 is 0 Å². The molecule has 1 aromatic carbocycles. The topological polar surface area (TPSA) is 59.0 Å². The van der Waals surface area contributed by atoms with Gasteiger partial charge >= 0.3 is 6.09 Å². The largest absolute Gasteiger partial charge is 0.493 e. The molecule has 1 heterocycles. The smallest absolute Gasteiger partial charge is 0.407 e. The Balaban J connectivity index is 2.30. The molecule has 0 aromatic heterocycles. The van der Waals surface area contributed by atoms with Gasteiger partial charge in [-0.05, 0) is 36.1 Å². The number of rotatable bonds is 2. The summed E-state index contributed by atoms with van der Waals surface area (Å²) in [5.74, 6) is 1.39. The molecule has 1 aliphatic heterocycles. The molecule has 2 rings (SSSR count). The summed E-state index contributed by atoms with van der Waals surface area (Å²) in [4.78, 5) is 12.4. The third-order valence-corrected chi connectivity index (χ3v) is 3.28. The van der Waals surface area contributed by atoms with Gasteiger partial charge in [0.05, 0.1) is 14.2 Å². The van der Waals surface area contributed by atoms with E-state index in [1.54, 1.807) is 14.2 Å². The third-order valence-electron chi connectivity index (χ3n) is 3.28. The first kappa shape index (κ1) is 12.5. The second-order valence-electron chi connectivity index (χ2n) is 4.25. The lowest BCUT2D eigenvalue weighted by molar-refractivity contribution is 0.147. The monoisotopic (exact) mass is 251 g/mol. The first-order valence-electron chi connectivity index (χ1n) is 5.87. The zero-order chi connectivity index (χ0) is 13.1. The van der Waals surface area contributed by atoms with Crippen molar-refractivity contribution in [1.82, 2.24) is 4.90 Å². The van der Waals surface area contributed by atoms with Gasteiger partial charge in [-0.25, -0.2) is 4.79 Å². The van der Waals surface area contributed by atoms with Crippen LogP contribution >= 0.6 is 0 Å². The van der Waals surface area contributed by atoms with Crippen molar-refractivity contribution in [2.24, 2.45) is 0 Å². The molecule has 0 spiro atoms. The van der Waals surface area contributed by atoms with Gasteiger partial charge in [0.25, 0.3) is 0 Å². The minimum absolute atomic E-state index is 0.526. The van der Waals surface area contributed by atoms with E-state index < -0.39 is 6.09 Å². The van der Waals surface area contributed by atoms with Gasteiger partial charge in [-0.1, -0.05) is 0 Å². The summed E-state index contributed by atoms with van der Waals surface area (Å²) in [6.45, 7) is 1.05. The molecule has 0 unspecified atom stereocenters. The molecule has 0 saturated heterocycles. The average molecular weight is 251 g/mol. The predicted octanol–water partition coefficient (Wildman–Crippen LogP) is 1.78. The van der Waals surface area contributed by atoms with E-state index in [1.165, 1.54) is 4.90 Å². The first-order valence-corrected chi connectivity index (χ1v) is 5.87. The van der Waals surface area contributed by atoms with Crippen LogP contribution < -0.4 is 9.47 Å². The summed E-state index contributed by atoms with van der Waals surface area (Å²) < 4.78 is 10.5. The van der Waals surface area contributed by atoms with Crippen molar-refractivity contribution in [3.63, 3.8) is 0 Å². The fourth-order valence-electron chi connectivity index (χ4n) is 2.24. The number of benzene rings is 1. The van der Waals surface area contributed by atoms with Crippen LogP contribution in [-0.4, -0.2) is 43.4 Å². The summed E-state index contributed by atoms with van der Waals surface area (Å²) in [6, 6.07) is 3.89. The first-order chi connectivity index (χ1) is 8.65. The van der Waals surface area contributed by atoms with Gasteiger partial charge in [0.15, 0.2) is 11.5 Å². The van der Waals surface area contributed by atoms with Crippen molar-refractivity contribution in [3.05, 3.63) is 23.3 Å². The molecule has 5 heteroatoms. The van der Waals surface area contributed by atoms with E-state index in [1.807, 2.05) is 12.1 Å². The van der Waals surface area contributed by atoms with Gasteiger partial charge < -0.3 is 19.5 Å². The van der Waals surface area contributed by atoms with Crippen molar-refractivity contribution in [2.45, 2.75) is 12.8 Å². The van der Waals surface area contributed by atoms with Crippen molar-refractivity contribution >= 4 is 6.09 Å². The molecule has 1 aliphatic rings. The second-order valence-corrected chi connectivity index (χ2v) is 4.25. The van der Waals surface area contributed by atoms with E-state index in [9.17, 15) is 4.79 Å². The second kappa shape index (κ2) is 5.16. The molecular weight excluding hydrogens is 234 g/mol. The Bertz CT molecular complexity index is 424. The van der Waals surface area contributed by atoms with Gasteiger partial charge in [0, 0.05) is 13.1 Å². The Kier molecular flexibility index (Phi) is 3.60. The summed E-state index contributed by atoms with van der Waals surface area (Å²) in [5, 5.41) is 9.02. The summed E-state index contributed by atoms with van der Waals surface area (Å²) in [5.41, 5.74) is 2.27. The van der Waals surface area contributed by atoms with Gasteiger partial charge in [-0.15, -0.1) is 0 Å². The molecule has 1 N–H and O–H groups in total. The molecule has 0 radical (unpaired) electrons. The lowest BCUT2D eigenvalue weighted by Gasteiger charge is -2.14. The van der Waals surface area contributed by atoms with Crippen molar-refractivity contribution in [3.8, 4) is 11.5 Å². The highest BCUT2D eigenvalue weighted by molar-refractivity contribution is 5.65. The van der Waals surface area contributed by atoms with Crippen LogP contribution in [0.5, 0.6) is 11.5 Å². The van der Waals surface area contributed by atoms with Crippen LogP contribution in [-0.2, 0) is 12.8 Å². The van der Waals surface area contributed by atoms with Crippen LogP contribution in [0.1, 0.15) is 11.1 Å². The summed E-state index contributed by atoms with van der Waals surface area (Å²) in [7, 11) is 3.20. The van der Waals surface area contributed by atoms with Crippen LogP contribution in [0.15, 0.2) is 12.1 Å². The molecule has 18 heavy (non-hydrogen) atoms. The van der Waals surface area contributed by atoms with Crippen LogP contribution in [0.3, 0.4) is 0 Å². The molecule has 1 aromatic rings. The standard InChI is InChI=1S/C13H17NO4/c1-17-11-7-9-3-5-14(13(15)16)6-4-10(9)8-12(11)18-2/h7-8H,3-6H2,1-2H3,(H,15,16).